The summed E-state index contributed by atoms with van der Waals surface area (Å²) in [5, 5.41) is 3.84. The minimum Gasteiger partial charge on any atom is -0.281 e. The van der Waals surface area contributed by atoms with Crippen molar-refractivity contribution in [1.29, 1.82) is 0 Å². The van der Waals surface area contributed by atoms with Gasteiger partial charge in [0.15, 0.2) is 0 Å². The first-order chi connectivity index (χ1) is 5.11. The maximum absolute atomic E-state index is 11.2. The quantitative estimate of drug-likeness (QED) is 0.613. The molecule has 0 radical (unpaired) electrons. The van der Waals surface area contributed by atoms with E-state index in [0.717, 1.165) is 6.54 Å². The minimum absolute atomic E-state index is 0.0429. The third kappa shape index (κ3) is 1.69. The Morgan fingerprint density at radius 3 is 2.64 bits per heavy atom. The first kappa shape index (κ1) is 8.04. The lowest BCUT2D eigenvalue weighted by Crippen LogP contribution is -2.24. The van der Waals surface area contributed by atoms with Crippen LogP contribution < -0.4 is 5.69 Å². The van der Waals surface area contributed by atoms with E-state index in [0.29, 0.717) is 5.92 Å². The Morgan fingerprint density at radius 2 is 2.27 bits per heavy atom. The topological polar surface area (TPSA) is 39.8 Å². The van der Waals surface area contributed by atoms with Gasteiger partial charge in [0.2, 0.25) is 0 Å². The Balaban J connectivity index is 2.88. The Hall–Kier alpha value is -1.06. The molecule has 0 saturated heterocycles. The smallest absolute Gasteiger partial charge is 0.281 e. The highest BCUT2D eigenvalue weighted by molar-refractivity contribution is 4.66. The zero-order chi connectivity index (χ0) is 8.43. The van der Waals surface area contributed by atoms with Crippen molar-refractivity contribution < 1.29 is 0 Å². The molecule has 0 bridgehead atoms. The van der Waals surface area contributed by atoms with E-state index in [4.69, 9.17) is 0 Å². The number of hydrogen-bond acceptors (Lipinski definition) is 2. The van der Waals surface area contributed by atoms with E-state index < -0.39 is 0 Å². The van der Waals surface area contributed by atoms with Crippen LogP contribution in [0.3, 0.4) is 0 Å². The van der Waals surface area contributed by atoms with E-state index in [1.165, 1.54) is 4.68 Å². The molecule has 0 fully saturated rings. The van der Waals surface area contributed by atoms with Gasteiger partial charge in [0.05, 0.1) is 0 Å². The molecule has 0 saturated carbocycles. The molecule has 0 atom stereocenters. The molecule has 0 amide bonds. The van der Waals surface area contributed by atoms with Crippen LogP contribution in [0.25, 0.3) is 0 Å². The number of nitrogens with zero attached hydrogens (tertiary/aromatic N) is 3. The van der Waals surface area contributed by atoms with Gasteiger partial charge in [0.25, 0.3) is 0 Å². The highest BCUT2D eigenvalue weighted by Crippen LogP contribution is 1.93. The fourth-order valence-electron chi connectivity index (χ4n) is 0.943. The third-order valence-electron chi connectivity index (χ3n) is 1.45. The van der Waals surface area contributed by atoms with Crippen LogP contribution in [0.4, 0.5) is 0 Å². The summed E-state index contributed by atoms with van der Waals surface area (Å²) in [6.07, 6.45) is 1.57. The molecular formula is C7H13N3O. The minimum atomic E-state index is -0.0429. The first-order valence-electron chi connectivity index (χ1n) is 3.69. The SMILES string of the molecule is CC(C)Cn1cnn(C)c1=O. The van der Waals surface area contributed by atoms with Crippen LogP contribution in [0.2, 0.25) is 0 Å². The van der Waals surface area contributed by atoms with Gasteiger partial charge in [0.1, 0.15) is 6.33 Å². The molecule has 0 N–H and O–H groups in total. The van der Waals surface area contributed by atoms with E-state index in [-0.39, 0.29) is 5.69 Å². The van der Waals surface area contributed by atoms with Crippen molar-refractivity contribution in [3.63, 3.8) is 0 Å². The van der Waals surface area contributed by atoms with Crippen LogP contribution in [0, 0.1) is 5.92 Å². The average Bonchev–Trinajstić information content (AvgIpc) is 2.18. The summed E-state index contributed by atoms with van der Waals surface area (Å²) >= 11 is 0. The molecule has 0 spiro atoms. The lowest BCUT2D eigenvalue weighted by molar-refractivity contribution is 0.506. The van der Waals surface area contributed by atoms with Crippen molar-refractivity contribution in [3.05, 3.63) is 16.8 Å². The zero-order valence-corrected chi connectivity index (χ0v) is 7.11. The number of aromatic nitrogens is 3. The summed E-state index contributed by atoms with van der Waals surface area (Å²) in [4.78, 5) is 11.2. The van der Waals surface area contributed by atoms with E-state index in [1.54, 1.807) is 17.9 Å². The summed E-state index contributed by atoms with van der Waals surface area (Å²) in [5.74, 6) is 0.483. The molecule has 0 aliphatic heterocycles. The van der Waals surface area contributed by atoms with Crippen LogP contribution in [0.1, 0.15) is 13.8 Å². The molecular weight excluding hydrogens is 142 g/mol. The van der Waals surface area contributed by atoms with Gasteiger partial charge < -0.3 is 0 Å². The second kappa shape index (κ2) is 2.90. The molecule has 11 heavy (non-hydrogen) atoms. The van der Waals surface area contributed by atoms with Crippen LogP contribution in [-0.2, 0) is 13.6 Å². The summed E-state index contributed by atoms with van der Waals surface area (Å²) < 4.78 is 2.95. The first-order valence-corrected chi connectivity index (χ1v) is 3.69. The Morgan fingerprint density at radius 1 is 1.64 bits per heavy atom. The summed E-state index contributed by atoms with van der Waals surface area (Å²) in [6.45, 7) is 4.88. The van der Waals surface area contributed by atoms with Gasteiger partial charge in [-0.1, -0.05) is 13.8 Å². The zero-order valence-electron chi connectivity index (χ0n) is 7.11. The Bertz CT molecular complexity index is 284. The van der Waals surface area contributed by atoms with Gasteiger partial charge in [-0.2, -0.15) is 5.10 Å². The molecule has 1 aromatic heterocycles. The molecule has 62 valence electrons. The van der Waals surface area contributed by atoms with Crippen molar-refractivity contribution >= 4 is 0 Å². The molecule has 1 heterocycles. The highest BCUT2D eigenvalue weighted by Gasteiger charge is 2.01. The van der Waals surface area contributed by atoms with Gasteiger partial charge in [-0.05, 0) is 5.92 Å². The van der Waals surface area contributed by atoms with Gasteiger partial charge in [-0.15, -0.1) is 0 Å². The van der Waals surface area contributed by atoms with Gasteiger partial charge in [-0.3, -0.25) is 4.57 Å². The van der Waals surface area contributed by atoms with Crippen LogP contribution in [0.15, 0.2) is 11.1 Å². The summed E-state index contributed by atoms with van der Waals surface area (Å²) in [5.41, 5.74) is -0.0429. The van der Waals surface area contributed by atoms with E-state index in [2.05, 4.69) is 18.9 Å². The third-order valence-corrected chi connectivity index (χ3v) is 1.45. The maximum Gasteiger partial charge on any atom is 0.345 e. The van der Waals surface area contributed by atoms with Crippen LogP contribution >= 0.6 is 0 Å². The van der Waals surface area contributed by atoms with Crippen molar-refractivity contribution in [3.8, 4) is 0 Å². The summed E-state index contributed by atoms with van der Waals surface area (Å²) in [7, 11) is 1.65. The molecule has 0 aliphatic carbocycles. The summed E-state index contributed by atoms with van der Waals surface area (Å²) in [6, 6.07) is 0. The number of rotatable bonds is 2. The molecule has 1 rings (SSSR count). The second-order valence-electron chi connectivity index (χ2n) is 3.08. The molecule has 0 aromatic carbocycles. The number of aryl methyl sites for hydroxylation is 1. The fraction of sp³-hybridized carbons (Fsp3) is 0.714. The van der Waals surface area contributed by atoms with Crippen molar-refractivity contribution in [2.75, 3.05) is 0 Å². The van der Waals surface area contributed by atoms with Crippen LogP contribution in [0.5, 0.6) is 0 Å². The lowest BCUT2D eigenvalue weighted by atomic mass is 10.2. The largest absolute Gasteiger partial charge is 0.345 e. The average molecular weight is 155 g/mol. The molecule has 4 heteroatoms. The molecule has 0 aliphatic rings. The lowest BCUT2D eigenvalue weighted by Gasteiger charge is -2.01. The molecule has 1 aromatic rings. The maximum atomic E-state index is 11.2. The van der Waals surface area contributed by atoms with Gasteiger partial charge in [0, 0.05) is 13.6 Å². The highest BCUT2D eigenvalue weighted by atomic mass is 16.2. The van der Waals surface area contributed by atoms with Gasteiger partial charge >= 0.3 is 5.69 Å². The van der Waals surface area contributed by atoms with E-state index in [1.807, 2.05) is 0 Å². The Kier molecular flexibility index (Phi) is 2.12. The van der Waals surface area contributed by atoms with E-state index in [9.17, 15) is 4.79 Å². The monoisotopic (exact) mass is 155 g/mol. The van der Waals surface area contributed by atoms with Crippen molar-refractivity contribution in [2.24, 2.45) is 13.0 Å². The fourth-order valence-corrected chi connectivity index (χ4v) is 0.943. The van der Waals surface area contributed by atoms with Crippen molar-refractivity contribution in [1.82, 2.24) is 14.3 Å². The standard InChI is InChI=1S/C7H13N3O/c1-6(2)4-10-5-8-9(3)7(10)11/h5-6H,4H2,1-3H3. The Labute approximate surface area is 65.5 Å². The molecule has 4 nitrogen and oxygen atoms in total. The van der Waals surface area contributed by atoms with Crippen molar-refractivity contribution in [2.45, 2.75) is 20.4 Å². The van der Waals surface area contributed by atoms with E-state index >= 15 is 0 Å². The van der Waals surface area contributed by atoms with Crippen LogP contribution in [-0.4, -0.2) is 14.3 Å². The second-order valence-corrected chi connectivity index (χ2v) is 3.08. The predicted molar refractivity (Wildman–Crippen MR) is 42.3 cm³/mol. The molecule has 0 unspecified atom stereocenters. The predicted octanol–water partition coefficient (Wildman–Crippen LogP) is 0.238. The number of hydrogen-bond donors (Lipinski definition) is 0. The van der Waals surface area contributed by atoms with Gasteiger partial charge in [-0.25, -0.2) is 9.48 Å². The normalized spacial score (nSPS) is 10.9.